The van der Waals surface area contributed by atoms with Gasteiger partial charge in [0.15, 0.2) is 0 Å². The summed E-state index contributed by atoms with van der Waals surface area (Å²) in [6, 6.07) is 22.0. The highest BCUT2D eigenvalue weighted by atomic mass is 35.5. The molecule has 0 aromatic heterocycles. The molecule has 2 aromatic rings. The molecule has 0 heterocycles. The van der Waals surface area contributed by atoms with Gasteiger partial charge in [-0.1, -0.05) is 157 Å². The molecule has 0 radical (unpaired) electrons. The van der Waals surface area contributed by atoms with Gasteiger partial charge in [0.05, 0.1) is 19.0 Å². The van der Waals surface area contributed by atoms with E-state index in [9.17, 15) is 0 Å². The van der Waals surface area contributed by atoms with Gasteiger partial charge in [-0.15, -0.1) is 11.6 Å². The Morgan fingerprint density at radius 3 is 1.19 bits per heavy atom. The van der Waals surface area contributed by atoms with Gasteiger partial charge in [-0.05, 0) is 12.8 Å². The van der Waals surface area contributed by atoms with Crippen molar-refractivity contribution in [2.45, 2.75) is 123 Å². The second-order valence-electron chi connectivity index (χ2n) is 11.1. The molecule has 0 bridgehead atoms. The van der Waals surface area contributed by atoms with E-state index in [0.717, 1.165) is 30.0 Å². The van der Waals surface area contributed by atoms with Crippen molar-refractivity contribution in [1.29, 1.82) is 0 Å². The summed E-state index contributed by atoms with van der Waals surface area (Å²) < 4.78 is 1.07. The summed E-state index contributed by atoms with van der Waals surface area (Å²) in [4.78, 5) is 0. The molecule has 0 unspecified atom stereocenters. The van der Waals surface area contributed by atoms with E-state index < -0.39 is 0 Å². The van der Waals surface area contributed by atoms with E-state index in [1.807, 2.05) is 0 Å². The molecule has 0 aliphatic carbocycles. The normalized spacial score (nSPS) is 11.7. The van der Waals surface area contributed by atoms with Crippen LogP contribution in [0, 0.1) is 0 Å². The fourth-order valence-corrected chi connectivity index (χ4v) is 5.96. The van der Waals surface area contributed by atoms with Crippen molar-refractivity contribution in [3.63, 3.8) is 0 Å². The molecule has 0 atom stereocenters. The van der Waals surface area contributed by atoms with Crippen LogP contribution >= 0.6 is 11.6 Å². The first-order valence-electron chi connectivity index (χ1n) is 15.3. The van der Waals surface area contributed by atoms with Crippen LogP contribution in [-0.4, -0.2) is 23.5 Å². The lowest BCUT2D eigenvalue weighted by molar-refractivity contribution is -0.951. The molecule has 0 N–H and O–H groups in total. The Labute approximate surface area is 229 Å². The summed E-state index contributed by atoms with van der Waals surface area (Å²) in [7, 11) is 0. The zero-order valence-electron chi connectivity index (χ0n) is 23.4. The highest BCUT2D eigenvalue weighted by Crippen LogP contribution is 2.23. The number of halogens is 1. The lowest BCUT2D eigenvalue weighted by atomic mass is 10.0. The van der Waals surface area contributed by atoms with Crippen LogP contribution in [0.15, 0.2) is 60.7 Å². The summed E-state index contributed by atoms with van der Waals surface area (Å²) >= 11 is 6.38. The van der Waals surface area contributed by atoms with Gasteiger partial charge < -0.3 is 4.48 Å². The van der Waals surface area contributed by atoms with Gasteiger partial charge >= 0.3 is 0 Å². The Morgan fingerprint density at radius 1 is 0.472 bits per heavy atom. The molecule has 0 fully saturated rings. The van der Waals surface area contributed by atoms with E-state index in [1.165, 1.54) is 120 Å². The molecular formula is C34H55ClN+. The number of hydrogen-bond acceptors (Lipinski definition) is 0. The molecule has 0 saturated carbocycles. The van der Waals surface area contributed by atoms with Gasteiger partial charge in [-0.3, -0.25) is 0 Å². The Hall–Kier alpha value is -1.31. The second kappa shape index (κ2) is 20.7. The summed E-state index contributed by atoms with van der Waals surface area (Å²) in [6.07, 6.45) is 22.7. The van der Waals surface area contributed by atoms with Crippen LogP contribution in [0.5, 0.6) is 0 Å². The molecule has 0 saturated heterocycles. The van der Waals surface area contributed by atoms with Crippen molar-refractivity contribution >= 4 is 11.6 Å². The molecule has 2 heteroatoms. The Balaban J connectivity index is 1.63. The Morgan fingerprint density at radius 2 is 0.833 bits per heavy atom. The first kappa shape index (κ1) is 30.9. The third kappa shape index (κ3) is 14.4. The number of rotatable bonds is 23. The minimum atomic E-state index is 0.721. The van der Waals surface area contributed by atoms with E-state index >= 15 is 0 Å². The van der Waals surface area contributed by atoms with Gasteiger partial charge in [-0.2, -0.15) is 0 Å². The minimum absolute atomic E-state index is 0.721. The van der Waals surface area contributed by atoms with Crippen molar-refractivity contribution < 1.29 is 4.48 Å². The third-order valence-electron chi connectivity index (χ3n) is 7.77. The highest BCUT2D eigenvalue weighted by Gasteiger charge is 2.27. The van der Waals surface area contributed by atoms with Gasteiger partial charge in [0.2, 0.25) is 0 Å². The number of quaternary nitrogens is 1. The fourth-order valence-electron chi connectivity index (χ4n) is 5.60. The van der Waals surface area contributed by atoms with Gasteiger partial charge in [0.25, 0.3) is 0 Å². The average molecular weight is 513 g/mol. The lowest BCUT2D eigenvalue weighted by Crippen LogP contribution is -2.48. The molecule has 202 valence electrons. The Kier molecular flexibility index (Phi) is 17.8. The summed E-state index contributed by atoms with van der Waals surface area (Å²) in [6.45, 7) is 6.69. The molecule has 1 nitrogen and oxygen atoms in total. The van der Waals surface area contributed by atoms with Crippen molar-refractivity contribution in [2.75, 3.05) is 19.0 Å². The summed E-state index contributed by atoms with van der Waals surface area (Å²) in [5, 5.41) is 0. The van der Waals surface area contributed by atoms with Crippen LogP contribution < -0.4 is 0 Å². The monoisotopic (exact) mass is 512 g/mol. The third-order valence-corrected chi connectivity index (χ3v) is 7.94. The van der Waals surface area contributed by atoms with Crippen molar-refractivity contribution in [3.8, 4) is 0 Å². The van der Waals surface area contributed by atoms with E-state index in [4.69, 9.17) is 11.6 Å². The zero-order chi connectivity index (χ0) is 25.6. The van der Waals surface area contributed by atoms with Gasteiger partial charge in [-0.25, -0.2) is 0 Å². The van der Waals surface area contributed by atoms with Crippen LogP contribution in [0.25, 0.3) is 0 Å². The molecule has 36 heavy (non-hydrogen) atoms. The highest BCUT2D eigenvalue weighted by molar-refractivity contribution is 6.17. The second-order valence-corrected chi connectivity index (χ2v) is 11.4. The number of alkyl halides is 1. The van der Waals surface area contributed by atoms with Crippen molar-refractivity contribution in [1.82, 2.24) is 0 Å². The molecule has 0 spiro atoms. The number of benzene rings is 2. The van der Waals surface area contributed by atoms with Crippen LogP contribution in [0.3, 0.4) is 0 Å². The van der Waals surface area contributed by atoms with E-state index in [1.54, 1.807) is 0 Å². The lowest BCUT2D eigenvalue weighted by Gasteiger charge is -2.39. The quantitative estimate of drug-likeness (QED) is 0.0788. The van der Waals surface area contributed by atoms with Crippen LogP contribution in [-0.2, 0) is 13.1 Å². The molecule has 0 aliphatic rings. The molecular weight excluding hydrogens is 458 g/mol. The van der Waals surface area contributed by atoms with E-state index in [-0.39, 0.29) is 0 Å². The van der Waals surface area contributed by atoms with Crippen LogP contribution in [0.4, 0.5) is 0 Å². The Bertz CT molecular complexity index is 688. The number of nitrogens with zero attached hydrogens (tertiary/aromatic N) is 1. The molecule has 0 aliphatic heterocycles. The van der Waals surface area contributed by atoms with Crippen molar-refractivity contribution in [2.24, 2.45) is 0 Å². The first-order chi connectivity index (χ1) is 17.8. The minimum Gasteiger partial charge on any atom is -0.315 e. The van der Waals surface area contributed by atoms with Crippen LogP contribution in [0.1, 0.15) is 121 Å². The van der Waals surface area contributed by atoms with E-state index in [0.29, 0.717) is 0 Å². The predicted molar refractivity (Wildman–Crippen MR) is 161 cm³/mol. The molecule has 2 rings (SSSR count). The predicted octanol–water partition coefficient (Wildman–Crippen LogP) is 10.7. The van der Waals surface area contributed by atoms with Crippen molar-refractivity contribution in [3.05, 3.63) is 71.8 Å². The number of unbranched alkanes of at least 4 members (excludes halogenated alkanes) is 15. The molecule has 2 aromatic carbocycles. The zero-order valence-corrected chi connectivity index (χ0v) is 24.2. The SMILES string of the molecule is CCCCCCCCCCCCCCCCCC[N+](CCCl)(Cc1ccccc1)Cc1ccccc1. The largest absolute Gasteiger partial charge is 0.315 e. The summed E-state index contributed by atoms with van der Waals surface area (Å²) in [5.74, 6) is 0.721. The van der Waals surface area contributed by atoms with E-state index in [2.05, 4.69) is 67.6 Å². The maximum absolute atomic E-state index is 6.38. The number of hydrogen-bond donors (Lipinski definition) is 0. The standard InChI is InChI=1S/C34H55ClN/c1-2-3-4-5-6-7-8-9-10-11-12-13-14-15-16-23-29-36(30-28-35,31-33-24-19-17-20-25-33)32-34-26-21-18-22-27-34/h17-22,24-27H,2-16,23,28-32H2,1H3/q+1. The smallest absolute Gasteiger partial charge is 0.105 e. The topological polar surface area (TPSA) is 0 Å². The maximum atomic E-state index is 6.38. The molecule has 0 amide bonds. The van der Waals surface area contributed by atoms with Crippen LogP contribution in [0.2, 0.25) is 0 Å². The average Bonchev–Trinajstić information content (AvgIpc) is 2.90. The van der Waals surface area contributed by atoms with Gasteiger partial charge in [0, 0.05) is 11.1 Å². The summed E-state index contributed by atoms with van der Waals surface area (Å²) in [5.41, 5.74) is 2.85. The maximum Gasteiger partial charge on any atom is 0.105 e. The first-order valence-corrected chi connectivity index (χ1v) is 15.8. The fraction of sp³-hybridized carbons (Fsp3) is 0.647. The van der Waals surface area contributed by atoms with Gasteiger partial charge in [0.1, 0.15) is 13.1 Å².